The smallest absolute Gasteiger partial charge is 0.157 e. The Labute approximate surface area is 109 Å². The van der Waals surface area contributed by atoms with Crippen LogP contribution in [0.25, 0.3) is 0 Å². The van der Waals surface area contributed by atoms with Gasteiger partial charge in [0.05, 0.1) is 6.54 Å². The van der Waals surface area contributed by atoms with E-state index in [2.05, 4.69) is 33.7 Å². The summed E-state index contributed by atoms with van der Waals surface area (Å²) in [6, 6.07) is 2.14. The molecule has 0 fully saturated rings. The Morgan fingerprint density at radius 1 is 1.47 bits per heavy atom. The predicted octanol–water partition coefficient (Wildman–Crippen LogP) is 2.95. The summed E-state index contributed by atoms with van der Waals surface area (Å²) in [6.45, 7) is 2.85. The Balaban J connectivity index is 2.10. The maximum absolute atomic E-state index is 5.82. The Morgan fingerprint density at radius 2 is 2.29 bits per heavy atom. The number of nitrogen functional groups attached to an aromatic ring is 1. The first-order valence-corrected chi connectivity index (χ1v) is 6.53. The monoisotopic (exact) mass is 268 g/mol. The molecule has 2 aromatic heterocycles. The number of rotatable bonds is 4. The fraction of sp³-hybridized carbons (Fsp3) is 0.273. The van der Waals surface area contributed by atoms with Crippen molar-refractivity contribution >= 4 is 34.4 Å². The number of nitrogens with two attached hydrogens (primary N) is 1. The topological polar surface area (TPSA) is 63.8 Å². The van der Waals surface area contributed by atoms with Crippen LogP contribution in [-0.2, 0) is 13.0 Å². The van der Waals surface area contributed by atoms with Gasteiger partial charge in [-0.2, -0.15) is 0 Å². The van der Waals surface area contributed by atoms with Crippen LogP contribution in [0.1, 0.15) is 17.4 Å². The molecule has 0 aliphatic heterocycles. The number of nitrogens with one attached hydrogen (secondary N) is 1. The van der Waals surface area contributed by atoms with Gasteiger partial charge in [-0.15, -0.1) is 11.3 Å². The Bertz CT molecular complexity index is 512. The van der Waals surface area contributed by atoms with E-state index < -0.39 is 0 Å². The van der Waals surface area contributed by atoms with Crippen LogP contribution in [0, 0.1) is 0 Å². The van der Waals surface area contributed by atoms with Crippen LogP contribution < -0.4 is 11.1 Å². The number of thiophene rings is 1. The van der Waals surface area contributed by atoms with Crippen molar-refractivity contribution in [1.82, 2.24) is 9.97 Å². The van der Waals surface area contributed by atoms with Gasteiger partial charge in [0.2, 0.25) is 0 Å². The Morgan fingerprint density at radius 3 is 3.06 bits per heavy atom. The van der Waals surface area contributed by atoms with Gasteiger partial charge in [0.25, 0.3) is 0 Å². The number of aromatic nitrogens is 2. The summed E-state index contributed by atoms with van der Waals surface area (Å²) in [5.41, 5.74) is 7.52. The molecule has 2 aromatic rings. The van der Waals surface area contributed by atoms with E-state index >= 15 is 0 Å². The van der Waals surface area contributed by atoms with Crippen molar-refractivity contribution in [2.45, 2.75) is 19.9 Å². The molecule has 0 aliphatic carbocycles. The highest BCUT2D eigenvalue weighted by Gasteiger charge is 2.07. The highest BCUT2D eigenvalue weighted by Crippen LogP contribution is 2.24. The largest absolute Gasteiger partial charge is 0.393 e. The Kier molecular flexibility index (Phi) is 3.81. The number of halogens is 1. The lowest BCUT2D eigenvalue weighted by atomic mass is 10.2. The third kappa shape index (κ3) is 2.68. The maximum Gasteiger partial charge on any atom is 0.157 e. The number of anilines is 2. The van der Waals surface area contributed by atoms with Crippen molar-refractivity contribution in [1.29, 1.82) is 0 Å². The molecule has 0 aromatic carbocycles. The number of hydrogen-bond acceptors (Lipinski definition) is 5. The molecule has 0 atom stereocenters. The zero-order valence-corrected chi connectivity index (χ0v) is 11.0. The normalized spacial score (nSPS) is 10.5. The average Bonchev–Trinajstić information content (AvgIpc) is 2.78. The van der Waals surface area contributed by atoms with Crippen LogP contribution in [0.5, 0.6) is 0 Å². The summed E-state index contributed by atoms with van der Waals surface area (Å²) >= 11 is 7.54. The molecule has 0 spiro atoms. The predicted molar refractivity (Wildman–Crippen MR) is 72.5 cm³/mol. The van der Waals surface area contributed by atoms with E-state index in [-0.39, 0.29) is 5.15 Å². The molecule has 17 heavy (non-hydrogen) atoms. The summed E-state index contributed by atoms with van der Waals surface area (Å²) < 4.78 is 0. The van der Waals surface area contributed by atoms with Crippen LogP contribution in [-0.4, -0.2) is 9.97 Å². The fourth-order valence-electron chi connectivity index (χ4n) is 1.52. The summed E-state index contributed by atoms with van der Waals surface area (Å²) in [7, 11) is 0. The summed E-state index contributed by atoms with van der Waals surface area (Å²) in [6.07, 6.45) is 2.43. The van der Waals surface area contributed by atoms with Crippen LogP contribution in [0.2, 0.25) is 5.15 Å². The van der Waals surface area contributed by atoms with E-state index in [4.69, 9.17) is 17.3 Å². The first-order valence-electron chi connectivity index (χ1n) is 5.27. The number of nitrogens with zero attached hydrogens (tertiary/aromatic N) is 2. The van der Waals surface area contributed by atoms with Gasteiger partial charge < -0.3 is 11.1 Å². The van der Waals surface area contributed by atoms with Crippen molar-refractivity contribution in [2.75, 3.05) is 11.1 Å². The van der Waals surface area contributed by atoms with Crippen LogP contribution in [0.4, 0.5) is 11.5 Å². The van der Waals surface area contributed by atoms with Gasteiger partial charge in [0.1, 0.15) is 12.0 Å². The highest BCUT2D eigenvalue weighted by molar-refractivity contribution is 7.10. The molecule has 0 bridgehead atoms. The van der Waals surface area contributed by atoms with Gasteiger partial charge >= 0.3 is 0 Å². The summed E-state index contributed by atoms with van der Waals surface area (Å²) in [5, 5.41) is 5.55. The molecule has 6 heteroatoms. The Hall–Kier alpha value is -1.33. The van der Waals surface area contributed by atoms with Crippen molar-refractivity contribution in [2.24, 2.45) is 0 Å². The molecule has 4 nitrogen and oxygen atoms in total. The van der Waals surface area contributed by atoms with Gasteiger partial charge in [0.15, 0.2) is 11.0 Å². The van der Waals surface area contributed by atoms with Gasteiger partial charge in [0, 0.05) is 4.88 Å². The third-order valence-electron chi connectivity index (χ3n) is 2.47. The molecule has 90 valence electrons. The average molecular weight is 269 g/mol. The zero-order chi connectivity index (χ0) is 12.3. The lowest BCUT2D eigenvalue weighted by molar-refractivity contribution is 1.06. The zero-order valence-electron chi connectivity index (χ0n) is 9.40. The van der Waals surface area contributed by atoms with E-state index in [1.165, 1.54) is 16.8 Å². The quantitative estimate of drug-likeness (QED) is 0.837. The van der Waals surface area contributed by atoms with Gasteiger partial charge in [-0.1, -0.05) is 18.5 Å². The van der Waals surface area contributed by atoms with Gasteiger partial charge in [-0.25, -0.2) is 9.97 Å². The fourth-order valence-corrected chi connectivity index (χ4v) is 2.57. The summed E-state index contributed by atoms with van der Waals surface area (Å²) in [5.74, 6) is 0.584. The molecule has 2 rings (SSSR count). The van der Waals surface area contributed by atoms with Gasteiger partial charge in [-0.05, 0) is 23.4 Å². The second-order valence-corrected chi connectivity index (χ2v) is 4.86. The molecule has 0 unspecified atom stereocenters. The highest BCUT2D eigenvalue weighted by atomic mass is 35.5. The van der Waals surface area contributed by atoms with Crippen molar-refractivity contribution in [3.8, 4) is 0 Å². The second kappa shape index (κ2) is 5.33. The third-order valence-corrected chi connectivity index (χ3v) is 3.73. The molecular formula is C11H13ClN4S. The molecule has 0 amide bonds. The van der Waals surface area contributed by atoms with Crippen molar-refractivity contribution in [3.63, 3.8) is 0 Å². The van der Waals surface area contributed by atoms with Crippen molar-refractivity contribution < 1.29 is 0 Å². The lowest BCUT2D eigenvalue weighted by Gasteiger charge is -2.08. The van der Waals surface area contributed by atoms with E-state index in [0.717, 1.165) is 6.42 Å². The standard InChI is InChI=1S/C11H13ClN4S/c1-2-7-3-4-17-8(7)5-14-11-9(13)10(12)15-6-16-11/h3-4,6H,2,5,13H2,1H3,(H,14,15,16). The minimum Gasteiger partial charge on any atom is -0.393 e. The van der Waals surface area contributed by atoms with Gasteiger partial charge in [-0.3, -0.25) is 0 Å². The van der Waals surface area contributed by atoms with E-state index in [0.29, 0.717) is 18.1 Å². The number of aryl methyl sites for hydroxylation is 1. The van der Waals surface area contributed by atoms with E-state index in [9.17, 15) is 0 Å². The van der Waals surface area contributed by atoms with Crippen LogP contribution in [0.15, 0.2) is 17.8 Å². The number of hydrogen-bond donors (Lipinski definition) is 2. The minimum atomic E-state index is 0.282. The maximum atomic E-state index is 5.82. The van der Waals surface area contributed by atoms with Crippen LogP contribution in [0.3, 0.4) is 0 Å². The molecule has 0 radical (unpaired) electrons. The molecular weight excluding hydrogens is 256 g/mol. The molecule has 0 saturated carbocycles. The minimum absolute atomic E-state index is 0.282. The van der Waals surface area contributed by atoms with Crippen molar-refractivity contribution in [3.05, 3.63) is 33.4 Å². The lowest BCUT2D eigenvalue weighted by Crippen LogP contribution is -2.05. The second-order valence-electron chi connectivity index (χ2n) is 3.50. The van der Waals surface area contributed by atoms with E-state index in [1.807, 2.05) is 0 Å². The first-order chi connectivity index (χ1) is 8.22. The first kappa shape index (κ1) is 12.1. The van der Waals surface area contributed by atoms with Crippen LogP contribution >= 0.6 is 22.9 Å². The molecule has 0 saturated heterocycles. The molecule has 2 heterocycles. The molecule has 0 aliphatic rings. The van der Waals surface area contributed by atoms with E-state index in [1.54, 1.807) is 11.3 Å². The molecule has 3 N–H and O–H groups in total. The summed E-state index contributed by atoms with van der Waals surface area (Å²) in [4.78, 5) is 9.17. The SMILES string of the molecule is CCc1ccsc1CNc1ncnc(Cl)c1N.